The third-order valence-electron chi connectivity index (χ3n) is 3.77. The van der Waals surface area contributed by atoms with Gasteiger partial charge in [0, 0.05) is 19.0 Å². The normalized spacial score (nSPS) is 39.6. The van der Waals surface area contributed by atoms with Gasteiger partial charge in [-0.15, -0.1) is 0 Å². The number of halogens is 1. The van der Waals surface area contributed by atoms with Gasteiger partial charge in [-0.05, 0) is 41.4 Å². The summed E-state index contributed by atoms with van der Waals surface area (Å²) in [4.78, 5) is 2.41. The van der Waals surface area contributed by atoms with Crippen LogP contribution in [0.1, 0.15) is 18.6 Å². The Kier molecular flexibility index (Phi) is 2.20. The van der Waals surface area contributed by atoms with E-state index in [-0.39, 0.29) is 0 Å². The lowest BCUT2D eigenvalue weighted by atomic mass is 9.80. The molecule has 0 aliphatic carbocycles. The van der Waals surface area contributed by atoms with Crippen molar-refractivity contribution in [2.45, 2.75) is 18.4 Å². The summed E-state index contributed by atoms with van der Waals surface area (Å²) in [6.45, 7) is 3.09. The molecule has 3 heterocycles. The molecule has 3 atom stereocenters. The van der Waals surface area contributed by atoms with Crippen molar-refractivity contribution in [3.63, 3.8) is 0 Å². The van der Waals surface area contributed by atoms with Crippen LogP contribution >= 0.6 is 15.9 Å². The number of fused-ring (bicyclic) bond motifs is 2. The molecule has 4 heteroatoms. The van der Waals surface area contributed by atoms with E-state index in [1.54, 1.807) is 6.26 Å². The number of hydrogen-bond donors (Lipinski definition) is 1. The van der Waals surface area contributed by atoms with Gasteiger partial charge in [0.15, 0.2) is 0 Å². The summed E-state index contributed by atoms with van der Waals surface area (Å²) >= 11 is 3.44. The number of hydrogen-bond acceptors (Lipinski definition) is 3. The highest BCUT2D eigenvalue weighted by Crippen LogP contribution is 2.45. The molecule has 1 aromatic rings. The summed E-state index contributed by atoms with van der Waals surface area (Å²) in [5.74, 6) is 1.04. The zero-order valence-electron chi connectivity index (χ0n) is 8.45. The first kappa shape index (κ1) is 9.87. The summed E-state index contributed by atoms with van der Waals surface area (Å²) < 4.78 is 6.34. The molecule has 82 valence electrons. The smallest absolute Gasteiger partial charge is 0.149 e. The van der Waals surface area contributed by atoms with Crippen molar-refractivity contribution in [1.29, 1.82) is 0 Å². The van der Waals surface area contributed by atoms with Gasteiger partial charge in [0.05, 0.1) is 10.7 Å². The second-order valence-corrected chi connectivity index (χ2v) is 5.41. The Morgan fingerprint density at radius 1 is 1.53 bits per heavy atom. The molecule has 0 saturated carbocycles. The summed E-state index contributed by atoms with van der Waals surface area (Å²) in [6, 6.07) is 1.86. The Hall–Kier alpha value is -0.320. The van der Waals surface area contributed by atoms with Gasteiger partial charge in [-0.3, -0.25) is 0 Å². The Balaban J connectivity index is 1.99. The lowest BCUT2D eigenvalue weighted by Crippen LogP contribution is -2.44. The quantitative estimate of drug-likeness (QED) is 0.849. The van der Waals surface area contributed by atoms with E-state index < -0.39 is 5.60 Å². The van der Waals surface area contributed by atoms with E-state index in [1.807, 2.05) is 6.07 Å². The van der Waals surface area contributed by atoms with Crippen LogP contribution in [-0.4, -0.2) is 29.6 Å². The molecule has 2 saturated heterocycles. The van der Waals surface area contributed by atoms with Crippen molar-refractivity contribution in [2.24, 2.45) is 5.92 Å². The standard InChI is InChI=1S/C11H14BrNO2/c12-9-2-6-15-10(9)11(14)3-5-13-4-1-8(11)7-13/h2,6,8,14H,1,3-5,7H2. The first-order valence-electron chi connectivity index (χ1n) is 5.38. The molecule has 2 bridgehead atoms. The van der Waals surface area contributed by atoms with Crippen molar-refractivity contribution in [1.82, 2.24) is 4.90 Å². The van der Waals surface area contributed by atoms with Crippen molar-refractivity contribution in [3.8, 4) is 0 Å². The third-order valence-corrected chi connectivity index (χ3v) is 4.39. The highest BCUT2D eigenvalue weighted by Gasteiger charge is 2.48. The lowest BCUT2D eigenvalue weighted by molar-refractivity contribution is -0.0669. The SMILES string of the molecule is OC1(c2occc2Br)CCN2CCC1C2. The molecule has 3 nitrogen and oxygen atoms in total. The van der Waals surface area contributed by atoms with Crippen molar-refractivity contribution in [2.75, 3.05) is 19.6 Å². The molecule has 1 N–H and O–H groups in total. The summed E-state index contributed by atoms with van der Waals surface area (Å²) in [5, 5.41) is 10.7. The molecular formula is C11H14BrNO2. The van der Waals surface area contributed by atoms with E-state index >= 15 is 0 Å². The van der Waals surface area contributed by atoms with Gasteiger partial charge in [0.1, 0.15) is 11.4 Å². The van der Waals surface area contributed by atoms with Crippen molar-refractivity contribution < 1.29 is 9.52 Å². The molecule has 2 aliphatic rings. The van der Waals surface area contributed by atoms with Gasteiger partial charge in [-0.1, -0.05) is 0 Å². The predicted molar refractivity (Wildman–Crippen MR) is 59.5 cm³/mol. The highest BCUT2D eigenvalue weighted by molar-refractivity contribution is 9.10. The average Bonchev–Trinajstić information content (AvgIpc) is 2.81. The van der Waals surface area contributed by atoms with Crippen LogP contribution in [-0.2, 0) is 5.60 Å². The molecule has 0 aromatic carbocycles. The van der Waals surface area contributed by atoms with E-state index in [2.05, 4.69) is 20.8 Å². The Labute approximate surface area is 97.2 Å². The van der Waals surface area contributed by atoms with E-state index in [9.17, 15) is 5.11 Å². The van der Waals surface area contributed by atoms with Crippen LogP contribution in [0.15, 0.2) is 21.2 Å². The first-order valence-corrected chi connectivity index (χ1v) is 6.17. The number of rotatable bonds is 1. The van der Waals surface area contributed by atoms with Crippen LogP contribution in [0.2, 0.25) is 0 Å². The monoisotopic (exact) mass is 271 g/mol. The van der Waals surface area contributed by atoms with E-state index in [1.165, 1.54) is 0 Å². The maximum Gasteiger partial charge on any atom is 0.149 e. The van der Waals surface area contributed by atoms with Gasteiger partial charge in [-0.25, -0.2) is 0 Å². The lowest BCUT2D eigenvalue weighted by Gasteiger charge is -2.37. The Bertz CT molecular complexity index is 378. The maximum atomic E-state index is 10.7. The van der Waals surface area contributed by atoms with Gasteiger partial charge < -0.3 is 14.4 Å². The number of aliphatic hydroxyl groups is 1. The molecular weight excluding hydrogens is 258 g/mol. The van der Waals surface area contributed by atoms with Crippen molar-refractivity contribution in [3.05, 3.63) is 22.6 Å². The number of furan rings is 1. The van der Waals surface area contributed by atoms with Gasteiger partial charge in [-0.2, -0.15) is 0 Å². The van der Waals surface area contributed by atoms with Crippen LogP contribution in [0.4, 0.5) is 0 Å². The Morgan fingerprint density at radius 2 is 2.40 bits per heavy atom. The van der Waals surface area contributed by atoms with E-state index in [4.69, 9.17) is 4.42 Å². The van der Waals surface area contributed by atoms with E-state index in [0.29, 0.717) is 11.7 Å². The van der Waals surface area contributed by atoms with Crippen LogP contribution < -0.4 is 0 Å². The third kappa shape index (κ3) is 1.39. The van der Waals surface area contributed by atoms with Gasteiger partial charge in [0.2, 0.25) is 0 Å². The largest absolute Gasteiger partial charge is 0.465 e. The fraction of sp³-hybridized carbons (Fsp3) is 0.636. The zero-order chi connectivity index (χ0) is 10.5. The molecule has 1 aromatic heterocycles. The molecule has 0 spiro atoms. The first-order chi connectivity index (χ1) is 7.20. The highest BCUT2D eigenvalue weighted by atomic mass is 79.9. The fourth-order valence-electron chi connectivity index (χ4n) is 2.86. The average molecular weight is 272 g/mol. The second-order valence-electron chi connectivity index (χ2n) is 4.56. The summed E-state index contributed by atoms with van der Waals surface area (Å²) in [5.41, 5.74) is -0.755. The molecule has 15 heavy (non-hydrogen) atoms. The summed E-state index contributed by atoms with van der Waals surface area (Å²) in [7, 11) is 0. The van der Waals surface area contributed by atoms with Crippen LogP contribution in [0, 0.1) is 5.92 Å². The van der Waals surface area contributed by atoms with Crippen LogP contribution in [0.5, 0.6) is 0 Å². The van der Waals surface area contributed by atoms with Crippen molar-refractivity contribution >= 4 is 15.9 Å². The van der Waals surface area contributed by atoms with E-state index in [0.717, 1.165) is 36.9 Å². The van der Waals surface area contributed by atoms with Crippen LogP contribution in [0.25, 0.3) is 0 Å². The molecule has 3 rings (SSSR count). The molecule has 3 unspecified atom stereocenters. The topological polar surface area (TPSA) is 36.6 Å². The minimum atomic E-state index is -0.755. The zero-order valence-corrected chi connectivity index (χ0v) is 10.0. The van der Waals surface area contributed by atoms with Gasteiger partial charge in [0.25, 0.3) is 0 Å². The minimum Gasteiger partial charge on any atom is -0.465 e. The van der Waals surface area contributed by atoms with Crippen LogP contribution in [0.3, 0.4) is 0 Å². The fourth-order valence-corrected chi connectivity index (χ4v) is 3.40. The summed E-state index contributed by atoms with van der Waals surface area (Å²) in [6.07, 6.45) is 3.49. The molecule has 0 amide bonds. The minimum absolute atomic E-state index is 0.327. The molecule has 0 radical (unpaired) electrons. The Morgan fingerprint density at radius 3 is 3.13 bits per heavy atom. The number of nitrogens with zero attached hydrogens (tertiary/aromatic N) is 1. The van der Waals surface area contributed by atoms with Gasteiger partial charge >= 0.3 is 0 Å². The molecule has 2 aliphatic heterocycles. The number of piperidine rings is 1. The predicted octanol–water partition coefficient (Wildman–Crippen LogP) is 1.96. The maximum absolute atomic E-state index is 10.7. The second kappa shape index (κ2) is 3.34. The molecule has 2 fully saturated rings.